The van der Waals surface area contributed by atoms with Gasteiger partial charge in [0, 0.05) is 25.7 Å². The summed E-state index contributed by atoms with van der Waals surface area (Å²) in [5.74, 6) is 13.2. The number of phosphoric ester groups is 1. The van der Waals surface area contributed by atoms with Crippen molar-refractivity contribution in [2.75, 3.05) is 63.9 Å². The lowest BCUT2D eigenvalue weighted by atomic mass is 10.1. The number of ether oxygens (including phenoxy) is 2. The summed E-state index contributed by atoms with van der Waals surface area (Å²) in [5.41, 5.74) is 0. The third-order valence-electron chi connectivity index (χ3n) is 7.13. The fourth-order valence-corrected chi connectivity index (χ4v) is 6.67. The number of nitrogens with zero attached hydrogens (tertiary/aromatic N) is 1. The van der Waals surface area contributed by atoms with E-state index in [1.54, 1.807) is 0 Å². The smallest absolute Gasteiger partial charge is 0.319 e. The maximum absolute atomic E-state index is 12.5. The molecule has 0 amide bonds. The molecule has 1 unspecified atom stereocenters. The summed E-state index contributed by atoms with van der Waals surface area (Å²) in [6.07, 6.45) is 18.5. The van der Waals surface area contributed by atoms with Crippen LogP contribution >= 0.6 is 31.3 Å². The molecule has 0 spiro atoms. The Kier molecular flexibility index (Phi) is 31.9. The van der Waals surface area contributed by atoms with Crippen molar-refractivity contribution in [1.82, 2.24) is 0 Å². The Morgan fingerprint density at radius 1 is 0.653 bits per heavy atom. The first-order valence-electron chi connectivity index (χ1n) is 18.4. The quantitative estimate of drug-likeness (QED) is 0.0172. The molecule has 0 radical (unpaired) electrons. The standard InChI is InChI=1S/C37H66NO8PS2/c1-6-8-10-12-14-16-18-20-22-24-26-30-48-33-35(39)45-37(32-44-47(41,42)43-29-28-38(3,4)5)46-36(40)34-49-31-27-25-23-21-19-17-15-13-11-9-7-2/h37H,6-7,12-34H2,1-5H3. The Labute approximate surface area is 307 Å². The highest BCUT2D eigenvalue weighted by atomic mass is 32.2. The molecule has 0 aliphatic rings. The number of hydrogen-bond donors (Lipinski definition) is 0. The minimum absolute atomic E-state index is 0.0652. The Balaban J connectivity index is 4.44. The summed E-state index contributed by atoms with van der Waals surface area (Å²) >= 11 is 2.89. The molecule has 0 saturated heterocycles. The second kappa shape index (κ2) is 32.7. The number of phosphoric acid groups is 1. The van der Waals surface area contributed by atoms with E-state index in [9.17, 15) is 19.0 Å². The van der Waals surface area contributed by atoms with Gasteiger partial charge in [-0.15, -0.1) is 23.7 Å². The van der Waals surface area contributed by atoms with Gasteiger partial charge in [0.2, 0.25) is 0 Å². The number of likely N-dealkylation sites (N-methyl/N-ethyl adjacent to an activating group) is 1. The van der Waals surface area contributed by atoms with Crippen molar-refractivity contribution in [3.63, 3.8) is 0 Å². The van der Waals surface area contributed by atoms with Gasteiger partial charge in [0.15, 0.2) is 0 Å². The van der Waals surface area contributed by atoms with E-state index in [2.05, 4.69) is 37.5 Å². The van der Waals surface area contributed by atoms with Crippen LogP contribution in [-0.2, 0) is 32.7 Å². The molecule has 0 saturated carbocycles. The van der Waals surface area contributed by atoms with Gasteiger partial charge in [0.05, 0.1) is 32.6 Å². The molecule has 0 aromatic rings. The van der Waals surface area contributed by atoms with Gasteiger partial charge >= 0.3 is 11.9 Å². The summed E-state index contributed by atoms with van der Waals surface area (Å²) in [6.45, 7) is 3.86. The highest BCUT2D eigenvalue weighted by molar-refractivity contribution is 8.00. The molecule has 1 atom stereocenters. The molecule has 12 heteroatoms. The zero-order chi connectivity index (χ0) is 36.5. The van der Waals surface area contributed by atoms with Crippen molar-refractivity contribution >= 4 is 43.3 Å². The molecule has 0 fully saturated rings. The van der Waals surface area contributed by atoms with E-state index >= 15 is 0 Å². The van der Waals surface area contributed by atoms with E-state index < -0.39 is 32.7 Å². The number of esters is 2. The van der Waals surface area contributed by atoms with Gasteiger partial charge < -0.3 is 27.9 Å². The molecule has 49 heavy (non-hydrogen) atoms. The second-order valence-corrected chi connectivity index (χ2v) is 16.6. The maximum Gasteiger partial charge on any atom is 0.319 e. The van der Waals surface area contributed by atoms with Gasteiger partial charge in [-0.1, -0.05) is 78.1 Å². The highest BCUT2D eigenvalue weighted by Gasteiger charge is 2.23. The molecule has 0 aromatic heterocycles. The summed E-state index contributed by atoms with van der Waals surface area (Å²) in [5, 5.41) is 0. The van der Waals surface area contributed by atoms with E-state index in [1.807, 2.05) is 21.1 Å². The van der Waals surface area contributed by atoms with Gasteiger partial charge in [-0.05, 0) is 37.2 Å². The molecule has 9 nitrogen and oxygen atoms in total. The van der Waals surface area contributed by atoms with Crippen molar-refractivity contribution in [2.24, 2.45) is 0 Å². The fourth-order valence-electron chi connectivity index (χ4n) is 4.41. The van der Waals surface area contributed by atoms with E-state index in [-0.39, 0.29) is 18.1 Å². The number of carbonyl (C=O) groups is 2. The van der Waals surface area contributed by atoms with Crippen LogP contribution in [0.4, 0.5) is 0 Å². The molecule has 284 valence electrons. The predicted molar refractivity (Wildman–Crippen MR) is 203 cm³/mol. The molecule has 0 heterocycles. The Morgan fingerprint density at radius 3 is 1.47 bits per heavy atom. The number of rotatable bonds is 31. The molecule has 0 aliphatic heterocycles. The first-order valence-corrected chi connectivity index (χ1v) is 22.1. The third kappa shape index (κ3) is 36.4. The minimum atomic E-state index is -4.69. The van der Waals surface area contributed by atoms with Gasteiger partial charge in [-0.3, -0.25) is 14.2 Å². The first-order chi connectivity index (χ1) is 23.5. The maximum atomic E-state index is 12.5. The minimum Gasteiger partial charge on any atom is -0.756 e. The van der Waals surface area contributed by atoms with Crippen LogP contribution in [0, 0.1) is 23.7 Å². The van der Waals surface area contributed by atoms with Crippen molar-refractivity contribution < 1.29 is 42.1 Å². The van der Waals surface area contributed by atoms with Gasteiger partial charge in [0.25, 0.3) is 14.1 Å². The van der Waals surface area contributed by atoms with Crippen LogP contribution in [0.5, 0.6) is 0 Å². The van der Waals surface area contributed by atoms with Gasteiger partial charge in [-0.2, -0.15) is 23.5 Å². The van der Waals surface area contributed by atoms with Crippen LogP contribution in [0.3, 0.4) is 0 Å². The molecule has 0 bridgehead atoms. The van der Waals surface area contributed by atoms with Crippen LogP contribution < -0.4 is 4.89 Å². The third-order valence-corrected chi connectivity index (χ3v) is 10.1. The van der Waals surface area contributed by atoms with Crippen molar-refractivity contribution in [3.05, 3.63) is 0 Å². The van der Waals surface area contributed by atoms with Crippen LogP contribution in [-0.4, -0.2) is 86.6 Å². The summed E-state index contributed by atoms with van der Waals surface area (Å²) in [6, 6.07) is 0. The molecule has 0 rings (SSSR count). The van der Waals surface area contributed by atoms with Crippen molar-refractivity contribution in [2.45, 2.75) is 136 Å². The Bertz CT molecular complexity index is 958. The van der Waals surface area contributed by atoms with Gasteiger partial charge in [-0.25, -0.2) is 0 Å². The van der Waals surface area contributed by atoms with E-state index in [1.165, 1.54) is 74.9 Å². The van der Waals surface area contributed by atoms with Crippen LogP contribution in [0.15, 0.2) is 0 Å². The highest BCUT2D eigenvalue weighted by Crippen LogP contribution is 2.38. The zero-order valence-corrected chi connectivity index (χ0v) is 33.8. The number of thioether (sulfide) groups is 2. The first kappa shape index (κ1) is 47.8. The van der Waals surface area contributed by atoms with E-state index in [0.29, 0.717) is 11.0 Å². The number of quaternary nitrogens is 1. The molecular weight excluding hydrogens is 682 g/mol. The molecule has 0 aliphatic carbocycles. The lowest BCUT2D eigenvalue weighted by Crippen LogP contribution is -2.37. The van der Waals surface area contributed by atoms with E-state index in [0.717, 1.165) is 75.7 Å². The summed E-state index contributed by atoms with van der Waals surface area (Å²) < 4.78 is 33.3. The Morgan fingerprint density at radius 2 is 1.06 bits per heavy atom. The summed E-state index contributed by atoms with van der Waals surface area (Å²) in [4.78, 5) is 37.4. The second-order valence-electron chi connectivity index (χ2n) is 13.0. The zero-order valence-electron chi connectivity index (χ0n) is 31.2. The number of carbonyl (C=O) groups excluding carboxylic acids is 2. The van der Waals surface area contributed by atoms with E-state index in [4.69, 9.17) is 18.5 Å². The lowest BCUT2D eigenvalue weighted by Gasteiger charge is -2.28. The van der Waals surface area contributed by atoms with Crippen LogP contribution in [0.1, 0.15) is 129 Å². The van der Waals surface area contributed by atoms with Crippen molar-refractivity contribution in [3.8, 4) is 23.7 Å². The molecular formula is C37H66NO8PS2. The Hall–Kier alpha value is -1.17. The lowest BCUT2D eigenvalue weighted by molar-refractivity contribution is -0.870. The molecule has 0 aromatic carbocycles. The van der Waals surface area contributed by atoms with Crippen molar-refractivity contribution in [1.29, 1.82) is 0 Å². The average molecular weight is 748 g/mol. The topological polar surface area (TPSA) is 111 Å². The summed E-state index contributed by atoms with van der Waals surface area (Å²) in [7, 11) is 1.04. The molecule has 0 N–H and O–H groups in total. The fraction of sp³-hybridized carbons (Fsp3) is 0.838. The van der Waals surface area contributed by atoms with Crippen LogP contribution in [0.2, 0.25) is 0 Å². The largest absolute Gasteiger partial charge is 0.756 e. The monoisotopic (exact) mass is 747 g/mol. The normalized spacial score (nSPS) is 12.5. The predicted octanol–water partition coefficient (Wildman–Crippen LogP) is 8.14. The SMILES string of the molecule is CCC#CCCCCCCCCCSCC(=O)OC(COP(=O)([O-])OCC[N+](C)(C)C)OC(=O)CSCCCCCCCCCC#CCC. The average Bonchev–Trinajstić information content (AvgIpc) is 3.03. The van der Waals surface area contributed by atoms with Gasteiger partial charge in [0.1, 0.15) is 19.8 Å². The number of unbranched alkanes of at least 4 members (excludes halogenated alkanes) is 14. The van der Waals surface area contributed by atoms with Crippen LogP contribution in [0.25, 0.3) is 0 Å². The number of hydrogen-bond acceptors (Lipinski definition) is 10.